The molecule has 2 rings (SSSR count). The van der Waals surface area contributed by atoms with Crippen LogP contribution in [-0.2, 0) is 0 Å². The Morgan fingerprint density at radius 3 is 2.76 bits per heavy atom. The number of nitrogens with one attached hydrogen (secondary N) is 1. The fraction of sp³-hybridized carbons (Fsp3) is 0.100. The fourth-order valence-electron chi connectivity index (χ4n) is 1.47. The molecule has 1 aromatic carbocycles. The van der Waals surface area contributed by atoms with E-state index >= 15 is 0 Å². The summed E-state index contributed by atoms with van der Waals surface area (Å²) in [4.78, 5) is 0. The third kappa shape index (κ3) is 1.93. The summed E-state index contributed by atoms with van der Waals surface area (Å²) in [6.45, 7) is 0. The molecule has 5 nitrogen and oxygen atoms in total. The molecule has 17 heavy (non-hydrogen) atoms. The number of rotatable bonds is 2. The van der Waals surface area contributed by atoms with E-state index in [4.69, 9.17) is 10.5 Å². The number of phenolic OH excluding ortho intramolecular Hbond substituents is 1. The Kier molecular flexibility index (Phi) is 2.93. The first-order chi connectivity index (χ1) is 8.04. The number of halogens is 2. The second kappa shape index (κ2) is 4.25. The highest BCUT2D eigenvalue weighted by Gasteiger charge is 2.19. The summed E-state index contributed by atoms with van der Waals surface area (Å²) in [6, 6.07) is 3.06. The Morgan fingerprint density at radius 2 is 2.24 bits per heavy atom. The van der Waals surface area contributed by atoms with E-state index in [-0.39, 0.29) is 16.0 Å². The minimum absolute atomic E-state index is 0.0747. The third-order valence-corrected chi connectivity index (χ3v) is 2.85. The van der Waals surface area contributed by atoms with Gasteiger partial charge < -0.3 is 15.6 Å². The molecule has 90 valence electrons. The third-order valence-electron chi connectivity index (χ3n) is 2.24. The largest absolute Gasteiger partial charge is 0.504 e. The Balaban J connectivity index is 2.69. The molecule has 1 aromatic heterocycles. The summed E-state index contributed by atoms with van der Waals surface area (Å²) in [7, 11) is 1.31. The van der Waals surface area contributed by atoms with Crippen molar-refractivity contribution in [3.05, 3.63) is 22.4 Å². The minimum atomic E-state index is -0.843. The van der Waals surface area contributed by atoms with Crippen molar-refractivity contribution in [3.63, 3.8) is 0 Å². The topological polar surface area (TPSA) is 84.2 Å². The number of nitrogens with zero attached hydrogens (tertiary/aromatic N) is 1. The van der Waals surface area contributed by atoms with Crippen molar-refractivity contribution < 1.29 is 14.2 Å². The molecule has 0 aliphatic heterocycles. The van der Waals surface area contributed by atoms with Gasteiger partial charge in [-0.2, -0.15) is 9.49 Å². The average molecular weight is 302 g/mol. The molecule has 0 aliphatic rings. The van der Waals surface area contributed by atoms with Gasteiger partial charge >= 0.3 is 0 Å². The average Bonchev–Trinajstić information content (AvgIpc) is 2.72. The maximum absolute atomic E-state index is 13.7. The van der Waals surface area contributed by atoms with Crippen LogP contribution in [0, 0.1) is 5.82 Å². The molecule has 0 aliphatic carbocycles. The van der Waals surface area contributed by atoms with Crippen molar-refractivity contribution in [2.45, 2.75) is 0 Å². The van der Waals surface area contributed by atoms with Crippen molar-refractivity contribution >= 4 is 21.7 Å². The highest BCUT2D eigenvalue weighted by atomic mass is 79.9. The molecule has 2 aromatic rings. The molecule has 7 heteroatoms. The molecule has 0 radical (unpaired) electrons. The molecule has 0 fully saturated rings. The van der Waals surface area contributed by atoms with Crippen molar-refractivity contribution in [1.29, 1.82) is 0 Å². The van der Waals surface area contributed by atoms with E-state index in [1.165, 1.54) is 13.2 Å². The number of anilines is 1. The van der Waals surface area contributed by atoms with E-state index in [1.54, 1.807) is 6.07 Å². The summed E-state index contributed by atoms with van der Waals surface area (Å²) in [5.41, 5.74) is 6.39. The fourth-order valence-corrected chi connectivity index (χ4v) is 1.87. The van der Waals surface area contributed by atoms with Crippen LogP contribution >= 0.6 is 15.9 Å². The van der Waals surface area contributed by atoms with E-state index in [0.717, 1.165) is 0 Å². The number of aromatic hydroxyl groups is 1. The van der Waals surface area contributed by atoms with Gasteiger partial charge in [0, 0.05) is 11.6 Å². The van der Waals surface area contributed by atoms with Crippen molar-refractivity contribution in [2.75, 3.05) is 12.8 Å². The number of methoxy groups -OCH3 is 1. The monoisotopic (exact) mass is 301 g/mol. The maximum atomic E-state index is 13.7. The minimum Gasteiger partial charge on any atom is -0.504 e. The SMILES string of the molecule is COc1c(-c2cc(N)n[nH]2)cc(Br)c(O)c1F. The van der Waals surface area contributed by atoms with Crippen molar-refractivity contribution in [3.8, 4) is 22.8 Å². The zero-order valence-corrected chi connectivity index (χ0v) is 10.4. The van der Waals surface area contributed by atoms with E-state index in [0.29, 0.717) is 11.3 Å². The first kappa shape index (κ1) is 11.7. The molecule has 4 N–H and O–H groups in total. The number of aromatic nitrogens is 2. The number of nitrogens with two attached hydrogens (primary N) is 1. The van der Waals surface area contributed by atoms with Crippen LogP contribution in [0.1, 0.15) is 0 Å². The highest BCUT2D eigenvalue weighted by Crippen LogP contribution is 2.40. The normalized spacial score (nSPS) is 10.5. The van der Waals surface area contributed by atoms with Crippen molar-refractivity contribution in [1.82, 2.24) is 10.2 Å². The Bertz CT molecular complexity index is 571. The van der Waals surface area contributed by atoms with Gasteiger partial charge in [0.05, 0.1) is 17.3 Å². The lowest BCUT2D eigenvalue weighted by molar-refractivity contribution is 0.364. The van der Waals surface area contributed by atoms with Gasteiger partial charge in [0.2, 0.25) is 5.82 Å². The van der Waals surface area contributed by atoms with E-state index in [2.05, 4.69) is 26.1 Å². The number of ether oxygens (including phenoxy) is 1. The first-order valence-electron chi connectivity index (χ1n) is 4.60. The Hall–Kier alpha value is -1.76. The Morgan fingerprint density at radius 1 is 1.53 bits per heavy atom. The van der Waals surface area contributed by atoms with Gasteiger partial charge in [-0.15, -0.1) is 0 Å². The first-order valence-corrected chi connectivity index (χ1v) is 5.40. The van der Waals surface area contributed by atoms with Crippen LogP contribution in [0.4, 0.5) is 10.2 Å². The molecular formula is C10H9BrFN3O2. The van der Waals surface area contributed by atoms with Crippen LogP contribution < -0.4 is 10.5 Å². The summed E-state index contributed by atoms with van der Waals surface area (Å²) < 4.78 is 18.9. The van der Waals surface area contributed by atoms with Gasteiger partial charge in [-0.25, -0.2) is 0 Å². The molecular weight excluding hydrogens is 293 g/mol. The molecule has 0 amide bonds. The summed E-state index contributed by atoms with van der Waals surface area (Å²) in [5.74, 6) is -1.14. The van der Waals surface area contributed by atoms with Gasteiger partial charge in [-0.1, -0.05) is 0 Å². The maximum Gasteiger partial charge on any atom is 0.208 e. The van der Waals surface area contributed by atoms with E-state index < -0.39 is 11.6 Å². The van der Waals surface area contributed by atoms with E-state index in [1.807, 2.05) is 0 Å². The predicted molar refractivity (Wildman–Crippen MR) is 64.3 cm³/mol. The lowest BCUT2D eigenvalue weighted by atomic mass is 10.1. The van der Waals surface area contributed by atoms with Crippen LogP contribution in [-0.4, -0.2) is 22.4 Å². The zero-order valence-electron chi connectivity index (χ0n) is 8.79. The number of hydrogen-bond donors (Lipinski definition) is 3. The number of hydrogen-bond acceptors (Lipinski definition) is 4. The van der Waals surface area contributed by atoms with Gasteiger partial charge in [0.1, 0.15) is 5.82 Å². The molecule has 0 saturated heterocycles. The standard InChI is InChI=1S/C10H9BrFN3O2/c1-17-10-4(6-3-7(13)15-14-6)2-5(11)9(16)8(10)12/h2-3,16H,1H3,(H3,13,14,15). The number of H-pyrrole nitrogens is 1. The van der Waals surface area contributed by atoms with Crippen LogP contribution in [0.2, 0.25) is 0 Å². The van der Waals surface area contributed by atoms with Crippen LogP contribution in [0.15, 0.2) is 16.6 Å². The van der Waals surface area contributed by atoms with Crippen LogP contribution in [0.3, 0.4) is 0 Å². The highest BCUT2D eigenvalue weighted by molar-refractivity contribution is 9.10. The molecule has 0 unspecified atom stereocenters. The smallest absolute Gasteiger partial charge is 0.208 e. The molecule has 0 saturated carbocycles. The lowest BCUT2D eigenvalue weighted by Gasteiger charge is -2.10. The number of phenols is 1. The lowest BCUT2D eigenvalue weighted by Crippen LogP contribution is -1.94. The quantitative estimate of drug-likeness (QED) is 0.794. The number of nitrogen functional groups attached to an aromatic ring is 1. The number of aromatic amines is 1. The van der Waals surface area contributed by atoms with Crippen LogP contribution in [0.25, 0.3) is 11.3 Å². The van der Waals surface area contributed by atoms with Gasteiger partial charge in [0.15, 0.2) is 11.5 Å². The predicted octanol–water partition coefficient (Wildman–Crippen LogP) is 2.27. The Labute approximate surface area is 105 Å². The summed E-state index contributed by atoms with van der Waals surface area (Å²) in [5, 5.41) is 15.8. The molecule has 0 atom stereocenters. The molecule has 0 spiro atoms. The summed E-state index contributed by atoms with van der Waals surface area (Å²) >= 11 is 3.05. The van der Waals surface area contributed by atoms with Gasteiger partial charge in [0.25, 0.3) is 0 Å². The summed E-state index contributed by atoms with van der Waals surface area (Å²) in [6.07, 6.45) is 0. The van der Waals surface area contributed by atoms with Gasteiger partial charge in [-0.3, -0.25) is 5.10 Å². The van der Waals surface area contributed by atoms with Gasteiger partial charge in [-0.05, 0) is 22.0 Å². The second-order valence-electron chi connectivity index (χ2n) is 3.31. The molecule has 1 heterocycles. The van der Waals surface area contributed by atoms with Crippen LogP contribution in [0.5, 0.6) is 11.5 Å². The van der Waals surface area contributed by atoms with Crippen molar-refractivity contribution in [2.24, 2.45) is 0 Å². The van der Waals surface area contributed by atoms with E-state index in [9.17, 15) is 9.50 Å². The molecule has 0 bridgehead atoms. The second-order valence-corrected chi connectivity index (χ2v) is 4.16. The zero-order chi connectivity index (χ0) is 12.6. The number of benzene rings is 1.